The lowest BCUT2D eigenvalue weighted by Crippen LogP contribution is -2.48. The second kappa shape index (κ2) is 11.2. The minimum Gasteiger partial charge on any atom is -0.332 e. The Bertz CT molecular complexity index is 807. The predicted molar refractivity (Wildman–Crippen MR) is 130 cm³/mol. The van der Waals surface area contributed by atoms with Crippen LogP contribution < -0.4 is 0 Å². The van der Waals surface area contributed by atoms with E-state index in [0.717, 1.165) is 18.2 Å². The molecular weight excluding hydrogens is 554 g/mol. The summed E-state index contributed by atoms with van der Waals surface area (Å²) in [6.45, 7) is 10.7. The SMILES string of the molecule is CCOP(=O)(OCC)C1CC[C@H]2CC[C@@H](c3cc(F)ccc3F)N2C1=O.C[Si](C)(C)I. The number of amides is 1. The summed E-state index contributed by atoms with van der Waals surface area (Å²) < 4.78 is 51.7. The van der Waals surface area contributed by atoms with Crippen molar-refractivity contribution in [3.63, 3.8) is 0 Å². The highest BCUT2D eigenvalue weighted by Gasteiger charge is 2.51. The van der Waals surface area contributed by atoms with Crippen molar-refractivity contribution in [2.45, 2.75) is 76.9 Å². The van der Waals surface area contributed by atoms with Gasteiger partial charge in [0.25, 0.3) is 0 Å². The molecule has 3 rings (SSSR count). The number of carbonyl (C=O) groups is 1. The fraction of sp³-hybridized carbons (Fsp3) is 0.667. The van der Waals surface area contributed by atoms with E-state index in [1.165, 1.54) is 0 Å². The summed E-state index contributed by atoms with van der Waals surface area (Å²) in [5.41, 5.74) is -1.36. The van der Waals surface area contributed by atoms with Gasteiger partial charge in [0.05, 0.1) is 19.3 Å². The van der Waals surface area contributed by atoms with Crippen molar-refractivity contribution in [1.82, 2.24) is 4.90 Å². The van der Waals surface area contributed by atoms with Crippen LogP contribution in [0, 0.1) is 11.6 Å². The predicted octanol–water partition coefficient (Wildman–Crippen LogP) is 6.68. The van der Waals surface area contributed by atoms with E-state index in [1.54, 1.807) is 18.7 Å². The van der Waals surface area contributed by atoms with E-state index in [0.29, 0.717) is 25.7 Å². The summed E-state index contributed by atoms with van der Waals surface area (Å²) in [5.74, 6) is -1.43. The highest BCUT2D eigenvalue weighted by atomic mass is 127. The van der Waals surface area contributed by atoms with Crippen molar-refractivity contribution < 1.29 is 27.2 Å². The van der Waals surface area contributed by atoms with Gasteiger partial charge in [-0.15, -0.1) is 21.8 Å². The minimum atomic E-state index is -3.60. The van der Waals surface area contributed by atoms with Crippen LogP contribution in [0.2, 0.25) is 19.6 Å². The molecule has 2 aliphatic rings. The highest BCUT2D eigenvalue weighted by molar-refractivity contribution is 14.1. The van der Waals surface area contributed by atoms with E-state index in [-0.39, 0.29) is 30.7 Å². The molecule has 3 atom stereocenters. The van der Waals surface area contributed by atoms with Crippen molar-refractivity contribution in [1.29, 1.82) is 0 Å². The molecule has 2 heterocycles. The van der Waals surface area contributed by atoms with Gasteiger partial charge >= 0.3 is 7.60 Å². The van der Waals surface area contributed by atoms with E-state index in [4.69, 9.17) is 9.05 Å². The first-order valence-corrected chi connectivity index (χ1v) is 19.0. The molecule has 5 nitrogen and oxygen atoms in total. The topological polar surface area (TPSA) is 55.8 Å². The van der Waals surface area contributed by atoms with Crippen molar-refractivity contribution in [3.8, 4) is 0 Å². The molecule has 0 N–H and O–H groups in total. The molecule has 0 aromatic heterocycles. The Balaban J connectivity index is 0.000000614. The van der Waals surface area contributed by atoms with Gasteiger partial charge in [-0.05, 0) is 57.7 Å². The van der Waals surface area contributed by atoms with Crippen LogP contribution in [0.5, 0.6) is 0 Å². The molecule has 1 unspecified atom stereocenters. The number of nitrogens with zero attached hydrogens (tertiary/aromatic N) is 1. The molecule has 2 fully saturated rings. The number of hydrogen-bond donors (Lipinski definition) is 0. The number of fused-ring (bicyclic) bond motifs is 1. The van der Waals surface area contributed by atoms with Gasteiger partial charge in [0, 0.05) is 11.6 Å². The van der Waals surface area contributed by atoms with Crippen LogP contribution in [-0.4, -0.2) is 41.3 Å². The normalized spacial score (nSPS) is 23.9. The quantitative estimate of drug-likeness (QED) is 0.161. The highest BCUT2D eigenvalue weighted by Crippen LogP contribution is 2.58. The molecule has 0 bridgehead atoms. The van der Waals surface area contributed by atoms with Gasteiger partial charge in [0.2, 0.25) is 5.91 Å². The molecule has 1 aromatic rings. The third kappa shape index (κ3) is 7.06. The minimum absolute atomic E-state index is 0.0527. The Morgan fingerprint density at radius 3 is 2.19 bits per heavy atom. The van der Waals surface area contributed by atoms with E-state index in [2.05, 4.69) is 41.4 Å². The third-order valence-electron chi connectivity index (χ3n) is 5.13. The largest absolute Gasteiger partial charge is 0.343 e. The molecule has 0 saturated carbocycles. The van der Waals surface area contributed by atoms with Crippen LogP contribution in [0.3, 0.4) is 0 Å². The number of benzene rings is 1. The molecule has 1 amide bonds. The van der Waals surface area contributed by atoms with Gasteiger partial charge in [0.1, 0.15) is 22.9 Å². The van der Waals surface area contributed by atoms with Gasteiger partial charge in [0.15, 0.2) is 0 Å². The fourth-order valence-electron chi connectivity index (χ4n) is 4.09. The van der Waals surface area contributed by atoms with E-state index in [1.807, 2.05) is 0 Å². The van der Waals surface area contributed by atoms with Gasteiger partial charge in [-0.1, -0.05) is 19.6 Å². The summed E-state index contributed by atoms with van der Waals surface area (Å²) in [4.78, 5) is 14.7. The first-order chi connectivity index (χ1) is 14.4. The zero-order chi connectivity index (χ0) is 23.4. The Kier molecular flexibility index (Phi) is 9.70. The van der Waals surface area contributed by atoms with E-state index < -0.39 is 36.5 Å². The summed E-state index contributed by atoms with van der Waals surface area (Å²) in [5, 5.41) is 0. The Morgan fingerprint density at radius 2 is 1.65 bits per heavy atom. The van der Waals surface area contributed by atoms with Crippen LogP contribution in [0.4, 0.5) is 8.78 Å². The monoisotopic (exact) mass is 587 g/mol. The zero-order valence-electron chi connectivity index (χ0n) is 18.9. The fourth-order valence-corrected chi connectivity index (χ4v) is 6.11. The van der Waals surface area contributed by atoms with Crippen molar-refractivity contribution in [2.24, 2.45) is 0 Å². The van der Waals surface area contributed by atoms with E-state index >= 15 is 0 Å². The molecule has 1 aromatic carbocycles. The number of rotatable bonds is 6. The number of halogens is 3. The van der Waals surface area contributed by atoms with Crippen molar-refractivity contribution in [3.05, 3.63) is 35.4 Å². The number of hydrogen-bond acceptors (Lipinski definition) is 4. The first kappa shape index (κ1) is 26.9. The molecule has 0 aliphatic carbocycles. The second-order valence-corrected chi connectivity index (χ2v) is 24.8. The number of carbonyl (C=O) groups excluding carboxylic acids is 1. The molecule has 176 valence electrons. The maximum atomic E-state index is 14.3. The summed E-state index contributed by atoms with van der Waals surface area (Å²) >= 11 is 2.52. The third-order valence-corrected chi connectivity index (χ3v) is 7.61. The maximum Gasteiger partial charge on any atom is 0.343 e. The second-order valence-electron chi connectivity index (χ2n) is 8.69. The lowest BCUT2D eigenvalue weighted by Gasteiger charge is -2.40. The molecule has 10 heteroatoms. The first-order valence-electron chi connectivity index (χ1n) is 10.8. The maximum absolute atomic E-state index is 14.3. The van der Waals surface area contributed by atoms with Gasteiger partial charge in [-0.25, -0.2) is 8.78 Å². The van der Waals surface area contributed by atoms with Gasteiger partial charge < -0.3 is 13.9 Å². The average molecular weight is 587 g/mol. The van der Waals surface area contributed by atoms with Crippen LogP contribution in [0.15, 0.2) is 18.2 Å². The molecule has 2 saturated heterocycles. The molecular formula is C21H33F2INO4PSi. The van der Waals surface area contributed by atoms with Crippen LogP contribution >= 0.6 is 29.4 Å². The number of piperidine rings is 1. The summed E-state index contributed by atoms with van der Waals surface area (Å²) in [6.07, 6.45) is 2.33. The summed E-state index contributed by atoms with van der Waals surface area (Å²) in [6, 6.07) is 2.68. The zero-order valence-corrected chi connectivity index (χ0v) is 22.9. The Hall–Kier alpha value is -0.353. The average Bonchev–Trinajstić information content (AvgIpc) is 3.08. The van der Waals surface area contributed by atoms with Crippen molar-refractivity contribution >= 4 is 40.9 Å². The summed E-state index contributed by atoms with van der Waals surface area (Å²) in [7, 11) is -3.60. The van der Waals surface area contributed by atoms with Crippen molar-refractivity contribution in [2.75, 3.05) is 13.2 Å². The Labute approximate surface area is 198 Å². The van der Waals surface area contributed by atoms with Crippen LogP contribution in [-0.2, 0) is 18.4 Å². The van der Waals surface area contributed by atoms with Crippen LogP contribution in [0.25, 0.3) is 0 Å². The van der Waals surface area contributed by atoms with E-state index in [9.17, 15) is 18.1 Å². The smallest absolute Gasteiger partial charge is 0.332 e. The molecule has 0 radical (unpaired) electrons. The Morgan fingerprint density at radius 1 is 1.10 bits per heavy atom. The molecule has 2 aliphatic heterocycles. The van der Waals surface area contributed by atoms with Crippen LogP contribution in [0.1, 0.15) is 51.1 Å². The molecule has 31 heavy (non-hydrogen) atoms. The lowest BCUT2D eigenvalue weighted by molar-refractivity contribution is -0.137. The molecule has 0 spiro atoms. The van der Waals surface area contributed by atoms with Gasteiger partial charge in [-0.3, -0.25) is 9.36 Å². The van der Waals surface area contributed by atoms with Gasteiger partial charge in [-0.2, -0.15) is 0 Å². The lowest BCUT2D eigenvalue weighted by atomic mass is 10.0. The standard InChI is InChI=1S/C18H24F2NO4P.C3H9ISi/c1-3-24-26(23,25-4-2)17-10-7-13-6-9-16(21(13)18(17)22)14-11-12(19)5-8-15(14)20;1-5(2,3)4/h5,8,11,13,16-17H,3-4,6-7,9-10H2,1-2H3;1-3H3/t13-,16+,17?;/m1./s1.